The minimum atomic E-state index is 0.525. The Balaban J connectivity index is 1.96. The minimum absolute atomic E-state index is 0.525. The molecule has 0 aliphatic carbocycles. The van der Waals surface area contributed by atoms with E-state index in [0.29, 0.717) is 5.41 Å². The van der Waals surface area contributed by atoms with E-state index in [9.17, 15) is 0 Å². The Bertz CT molecular complexity index is 407. The van der Waals surface area contributed by atoms with Crippen molar-refractivity contribution >= 4 is 15.9 Å². The summed E-state index contributed by atoms with van der Waals surface area (Å²) in [5.74, 6) is 0.901. The molecule has 0 unspecified atom stereocenters. The lowest BCUT2D eigenvalue weighted by Crippen LogP contribution is -2.36. The molecule has 2 nitrogen and oxygen atoms in total. The number of hydrogen-bond donors (Lipinski definition) is 0. The van der Waals surface area contributed by atoms with Crippen molar-refractivity contribution in [1.82, 2.24) is 4.90 Å². The quantitative estimate of drug-likeness (QED) is 0.834. The van der Waals surface area contributed by atoms with Crippen molar-refractivity contribution in [3.63, 3.8) is 0 Å². The molecule has 0 amide bonds. The van der Waals surface area contributed by atoms with Gasteiger partial charge in [-0.3, -0.25) is 4.90 Å². The zero-order chi connectivity index (χ0) is 13.2. The van der Waals surface area contributed by atoms with Crippen LogP contribution in [0.1, 0.15) is 32.3 Å². The molecule has 1 aliphatic heterocycles. The summed E-state index contributed by atoms with van der Waals surface area (Å²) in [5.41, 5.74) is 1.87. The van der Waals surface area contributed by atoms with E-state index >= 15 is 0 Å². The average Bonchev–Trinajstić information content (AvgIpc) is 2.32. The topological polar surface area (TPSA) is 12.5 Å². The molecule has 0 bridgehead atoms. The third-order valence-corrected chi connectivity index (χ3v) is 4.45. The van der Waals surface area contributed by atoms with Gasteiger partial charge in [-0.15, -0.1) is 0 Å². The van der Waals surface area contributed by atoms with Crippen LogP contribution in [0, 0.1) is 5.41 Å². The van der Waals surface area contributed by atoms with Gasteiger partial charge in [-0.1, -0.05) is 19.9 Å². The van der Waals surface area contributed by atoms with Crippen LogP contribution in [-0.4, -0.2) is 25.1 Å². The number of ether oxygens (including phenoxy) is 1. The van der Waals surface area contributed by atoms with Crippen molar-refractivity contribution in [3.05, 3.63) is 28.2 Å². The van der Waals surface area contributed by atoms with Crippen molar-refractivity contribution < 1.29 is 4.74 Å². The van der Waals surface area contributed by atoms with Crippen molar-refractivity contribution in [2.45, 2.75) is 33.2 Å². The van der Waals surface area contributed by atoms with Gasteiger partial charge in [-0.25, -0.2) is 0 Å². The first-order chi connectivity index (χ1) is 8.50. The molecule has 0 radical (unpaired) electrons. The highest BCUT2D eigenvalue weighted by atomic mass is 79.9. The van der Waals surface area contributed by atoms with Crippen LogP contribution < -0.4 is 4.74 Å². The zero-order valence-electron chi connectivity index (χ0n) is 11.5. The number of nitrogens with zero attached hydrogens (tertiary/aromatic N) is 1. The summed E-state index contributed by atoms with van der Waals surface area (Å²) in [7, 11) is 1.70. The standard InChI is InChI=1S/C15H22BrNO/c1-15(2)6-8-17(9-7-15)11-12-4-5-14(18-3)13(16)10-12/h4-5,10H,6-9,11H2,1-3H3. The van der Waals surface area contributed by atoms with Crippen LogP contribution in [0.25, 0.3) is 0 Å². The Hall–Kier alpha value is -0.540. The summed E-state index contributed by atoms with van der Waals surface area (Å²) in [6, 6.07) is 6.36. The zero-order valence-corrected chi connectivity index (χ0v) is 13.1. The number of methoxy groups -OCH3 is 1. The fourth-order valence-electron chi connectivity index (χ4n) is 2.38. The predicted octanol–water partition coefficient (Wildman–Crippen LogP) is 4.08. The number of likely N-dealkylation sites (tertiary alicyclic amines) is 1. The fraction of sp³-hybridized carbons (Fsp3) is 0.600. The first-order valence-electron chi connectivity index (χ1n) is 6.55. The van der Waals surface area contributed by atoms with E-state index in [4.69, 9.17) is 4.74 Å². The maximum absolute atomic E-state index is 5.26. The number of piperidine rings is 1. The molecule has 2 rings (SSSR count). The first kappa shape index (κ1) is 13.9. The molecule has 0 aromatic heterocycles. The van der Waals surface area contributed by atoms with E-state index in [2.05, 4.69) is 46.8 Å². The molecule has 1 aromatic rings. The van der Waals surface area contributed by atoms with Crippen molar-refractivity contribution in [2.75, 3.05) is 20.2 Å². The highest BCUT2D eigenvalue weighted by Crippen LogP contribution is 2.31. The van der Waals surface area contributed by atoms with E-state index in [-0.39, 0.29) is 0 Å². The van der Waals surface area contributed by atoms with Gasteiger partial charge in [0.05, 0.1) is 11.6 Å². The van der Waals surface area contributed by atoms with Crippen LogP contribution in [0.3, 0.4) is 0 Å². The van der Waals surface area contributed by atoms with Gasteiger partial charge < -0.3 is 4.74 Å². The maximum atomic E-state index is 5.26. The molecular formula is C15H22BrNO. The molecular weight excluding hydrogens is 290 g/mol. The highest BCUT2D eigenvalue weighted by molar-refractivity contribution is 9.10. The summed E-state index contributed by atoms with van der Waals surface area (Å²) in [6.45, 7) is 8.19. The number of rotatable bonds is 3. The van der Waals surface area contributed by atoms with Gasteiger partial charge in [0.25, 0.3) is 0 Å². The molecule has 1 aliphatic rings. The molecule has 0 saturated carbocycles. The Morgan fingerprint density at radius 2 is 1.94 bits per heavy atom. The largest absolute Gasteiger partial charge is 0.496 e. The summed E-state index contributed by atoms with van der Waals surface area (Å²) in [6.07, 6.45) is 2.59. The third kappa shape index (κ3) is 3.48. The molecule has 1 aromatic carbocycles. The molecule has 3 heteroatoms. The van der Waals surface area contributed by atoms with Gasteiger partial charge in [0.15, 0.2) is 0 Å². The second kappa shape index (κ2) is 5.62. The van der Waals surface area contributed by atoms with Gasteiger partial charge in [0.1, 0.15) is 5.75 Å². The minimum Gasteiger partial charge on any atom is -0.496 e. The molecule has 0 N–H and O–H groups in total. The molecule has 1 fully saturated rings. The molecule has 1 heterocycles. The Morgan fingerprint density at radius 3 is 2.50 bits per heavy atom. The Kier molecular flexibility index (Phi) is 4.33. The van der Waals surface area contributed by atoms with E-state index < -0.39 is 0 Å². The van der Waals surface area contributed by atoms with Crippen molar-refractivity contribution in [2.24, 2.45) is 5.41 Å². The lowest BCUT2D eigenvalue weighted by atomic mass is 9.82. The molecule has 100 valence electrons. The highest BCUT2D eigenvalue weighted by Gasteiger charge is 2.25. The average molecular weight is 312 g/mol. The predicted molar refractivity (Wildman–Crippen MR) is 79.0 cm³/mol. The Morgan fingerprint density at radius 1 is 1.28 bits per heavy atom. The van der Waals surface area contributed by atoms with Gasteiger partial charge in [-0.2, -0.15) is 0 Å². The first-order valence-corrected chi connectivity index (χ1v) is 7.34. The maximum Gasteiger partial charge on any atom is 0.133 e. The lowest BCUT2D eigenvalue weighted by Gasteiger charge is -2.36. The summed E-state index contributed by atoms with van der Waals surface area (Å²) in [4.78, 5) is 2.54. The lowest BCUT2D eigenvalue weighted by molar-refractivity contribution is 0.127. The second-order valence-electron chi connectivity index (χ2n) is 5.91. The molecule has 1 saturated heterocycles. The van der Waals surface area contributed by atoms with Crippen LogP contribution in [-0.2, 0) is 6.54 Å². The van der Waals surface area contributed by atoms with Crippen LogP contribution in [0.2, 0.25) is 0 Å². The van der Waals surface area contributed by atoms with E-state index in [1.807, 2.05) is 6.07 Å². The van der Waals surface area contributed by atoms with Gasteiger partial charge in [0, 0.05) is 6.54 Å². The van der Waals surface area contributed by atoms with Crippen LogP contribution in [0.15, 0.2) is 22.7 Å². The second-order valence-corrected chi connectivity index (χ2v) is 6.76. The summed E-state index contributed by atoms with van der Waals surface area (Å²) < 4.78 is 6.30. The number of benzene rings is 1. The van der Waals surface area contributed by atoms with Crippen LogP contribution in [0.4, 0.5) is 0 Å². The number of hydrogen-bond acceptors (Lipinski definition) is 2. The van der Waals surface area contributed by atoms with Gasteiger partial charge in [-0.05, 0) is 65.0 Å². The van der Waals surface area contributed by atoms with Crippen LogP contribution in [0.5, 0.6) is 5.75 Å². The SMILES string of the molecule is COc1ccc(CN2CCC(C)(C)CC2)cc1Br. The van der Waals surface area contributed by atoms with E-state index in [1.54, 1.807) is 7.11 Å². The molecule has 0 atom stereocenters. The van der Waals surface area contributed by atoms with Crippen LogP contribution >= 0.6 is 15.9 Å². The number of halogens is 1. The summed E-state index contributed by atoms with van der Waals surface area (Å²) in [5, 5.41) is 0. The molecule has 0 spiro atoms. The normalized spacial score (nSPS) is 19.8. The van der Waals surface area contributed by atoms with E-state index in [1.165, 1.54) is 31.5 Å². The summed E-state index contributed by atoms with van der Waals surface area (Å²) >= 11 is 3.55. The Labute approximate surface area is 118 Å². The van der Waals surface area contributed by atoms with Crippen molar-refractivity contribution in [1.29, 1.82) is 0 Å². The molecule has 18 heavy (non-hydrogen) atoms. The third-order valence-electron chi connectivity index (χ3n) is 3.83. The van der Waals surface area contributed by atoms with Gasteiger partial charge >= 0.3 is 0 Å². The van der Waals surface area contributed by atoms with Crippen molar-refractivity contribution in [3.8, 4) is 5.75 Å². The van der Waals surface area contributed by atoms with E-state index in [0.717, 1.165) is 16.8 Å². The fourth-order valence-corrected chi connectivity index (χ4v) is 2.97. The monoisotopic (exact) mass is 311 g/mol. The van der Waals surface area contributed by atoms with Gasteiger partial charge in [0.2, 0.25) is 0 Å². The smallest absolute Gasteiger partial charge is 0.133 e.